The van der Waals surface area contributed by atoms with Crippen molar-refractivity contribution in [1.82, 2.24) is 0 Å². The van der Waals surface area contributed by atoms with Crippen LogP contribution in [0.1, 0.15) is 72.6 Å². The van der Waals surface area contributed by atoms with E-state index in [0.29, 0.717) is 17.3 Å². The highest BCUT2D eigenvalue weighted by molar-refractivity contribution is 5.67. The fraction of sp³-hybridized carbons (Fsp3) is 0.864. The summed E-state index contributed by atoms with van der Waals surface area (Å²) in [6, 6.07) is 0. The van der Waals surface area contributed by atoms with E-state index in [1.165, 1.54) is 32.6 Å². The molecule has 0 unspecified atom stereocenters. The number of ether oxygens (including phenoxy) is 1. The van der Waals surface area contributed by atoms with Gasteiger partial charge in [-0.15, -0.1) is 0 Å². The van der Waals surface area contributed by atoms with Gasteiger partial charge in [0, 0.05) is 12.3 Å². The van der Waals surface area contributed by atoms with Gasteiger partial charge in [-0.05, 0) is 72.7 Å². The third-order valence-corrected chi connectivity index (χ3v) is 8.71. The second kappa shape index (κ2) is 5.34. The second-order valence-corrected chi connectivity index (χ2v) is 10.4. The zero-order chi connectivity index (χ0) is 18.2. The molecule has 0 aromatic heterocycles. The van der Waals surface area contributed by atoms with E-state index in [4.69, 9.17) is 4.74 Å². The van der Waals surface area contributed by atoms with Crippen molar-refractivity contribution >= 4 is 5.97 Å². The molecule has 0 radical (unpaired) electrons. The molecule has 4 fully saturated rings. The molecule has 0 amide bonds. The molecule has 4 saturated carbocycles. The Morgan fingerprint density at radius 2 is 1.96 bits per heavy atom. The number of hydrogen-bond donors (Lipinski definition) is 1. The number of aliphatic hydroxyl groups excluding tert-OH is 1. The van der Waals surface area contributed by atoms with E-state index in [1.807, 2.05) is 0 Å². The van der Waals surface area contributed by atoms with Crippen molar-refractivity contribution < 1.29 is 14.6 Å². The van der Waals surface area contributed by atoms with Crippen LogP contribution >= 0.6 is 0 Å². The molecule has 4 rings (SSSR count). The SMILES string of the molecule is C=C1[C@@H]2C[C@H](O)[C@H]3[C@]4(C)CCCC(C)(C)[C@H]4CC[C@]3(C2)[C@@H]1OC(C)=O. The van der Waals surface area contributed by atoms with Crippen LogP contribution in [0.5, 0.6) is 0 Å². The van der Waals surface area contributed by atoms with E-state index in [-0.39, 0.29) is 34.9 Å². The van der Waals surface area contributed by atoms with E-state index in [2.05, 4.69) is 27.4 Å². The van der Waals surface area contributed by atoms with Crippen LogP contribution in [0.3, 0.4) is 0 Å². The van der Waals surface area contributed by atoms with Crippen LogP contribution < -0.4 is 0 Å². The molecule has 0 aromatic rings. The first-order chi connectivity index (χ1) is 11.6. The number of carbonyl (C=O) groups is 1. The lowest BCUT2D eigenvalue weighted by Gasteiger charge is -2.65. The fourth-order valence-electron chi connectivity index (χ4n) is 8.13. The maximum atomic E-state index is 11.8. The highest BCUT2D eigenvalue weighted by Gasteiger charge is 2.69. The molecule has 0 heterocycles. The monoisotopic (exact) mass is 346 g/mol. The van der Waals surface area contributed by atoms with Gasteiger partial charge >= 0.3 is 5.97 Å². The zero-order valence-corrected chi connectivity index (χ0v) is 16.3. The van der Waals surface area contributed by atoms with Crippen LogP contribution in [-0.2, 0) is 9.53 Å². The van der Waals surface area contributed by atoms with E-state index < -0.39 is 0 Å². The fourth-order valence-corrected chi connectivity index (χ4v) is 8.13. The molecule has 3 nitrogen and oxygen atoms in total. The molecule has 1 spiro atoms. The predicted molar refractivity (Wildman–Crippen MR) is 97.8 cm³/mol. The maximum Gasteiger partial charge on any atom is 0.303 e. The Bertz CT molecular complexity index is 608. The predicted octanol–water partition coefficient (Wildman–Crippen LogP) is 4.49. The molecule has 4 aliphatic carbocycles. The number of carbonyl (C=O) groups excluding carboxylic acids is 1. The Morgan fingerprint density at radius 1 is 1.24 bits per heavy atom. The van der Waals surface area contributed by atoms with Gasteiger partial charge in [-0.3, -0.25) is 4.79 Å². The van der Waals surface area contributed by atoms with Gasteiger partial charge in [-0.2, -0.15) is 0 Å². The molecule has 25 heavy (non-hydrogen) atoms. The topological polar surface area (TPSA) is 46.5 Å². The molecule has 2 bridgehead atoms. The van der Waals surface area contributed by atoms with Gasteiger partial charge in [0.25, 0.3) is 0 Å². The van der Waals surface area contributed by atoms with E-state index >= 15 is 0 Å². The first-order valence-corrected chi connectivity index (χ1v) is 10.2. The van der Waals surface area contributed by atoms with Gasteiger partial charge in [-0.25, -0.2) is 0 Å². The third-order valence-electron chi connectivity index (χ3n) is 8.71. The largest absolute Gasteiger partial charge is 0.457 e. The summed E-state index contributed by atoms with van der Waals surface area (Å²) in [5, 5.41) is 11.2. The Hall–Kier alpha value is -0.830. The number of esters is 1. The summed E-state index contributed by atoms with van der Waals surface area (Å²) >= 11 is 0. The third kappa shape index (κ3) is 2.23. The Balaban J connectivity index is 1.80. The summed E-state index contributed by atoms with van der Waals surface area (Å²) in [6.07, 6.45) is 7.32. The van der Waals surface area contributed by atoms with Crippen LogP contribution in [-0.4, -0.2) is 23.3 Å². The lowest BCUT2D eigenvalue weighted by molar-refractivity contribution is -0.210. The van der Waals surface area contributed by atoms with Crippen molar-refractivity contribution in [1.29, 1.82) is 0 Å². The van der Waals surface area contributed by atoms with Gasteiger partial charge in [0.15, 0.2) is 0 Å². The van der Waals surface area contributed by atoms with Crippen molar-refractivity contribution in [3.05, 3.63) is 12.2 Å². The first-order valence-electron chi connectivity index (χ1n) is 10.2. The van der Waals surface area contributed by atoms with Crippen molar-refractivity contribution in [2.45, 2.75) is 84.8 Å². The molecule has 4 aliphatic rings. The van der Waals surface area contributed by atoms with Gasteiger partial charge in [0.05, 0.1) is 6.10 Å². The quantitative estimate of drug-likeness (QED) is 0.562. The normalized spacial score (nSPS) is 50.8. The highest BCUT2D eigenvalue weighted by atomic mass is 16.5. The summed E-state index contributed by atoms with van der Waals surface area (Å²) < 4.78 is 5.87. The van der Waals surface area contributed by atoms with Gasteiger partial charge in [-0.1, -0.05) is 33.8 Å². The molecular weight excluding hydrogens is 312 g/mol. The van der Waals surface area contributed by atoms with Crippen molar-refractivity contribution in [2.75, 3.05) is 0 Å². The molecular formula is C22H34O3. The van der Waals surface area contributed by atoms with E-state index in [1.54, 1.807) is 0 Å². The molecule has 0 aliphatic heterocycles. The Kier molecular flexibility index (Phi) is 3.76. The van der Waals surface area contributed by atoms with Crippen LogP contribution in [0.4, 0.5) is 0 Å². The minimum Gasteiger partial charge on any atom is -0.457 e. The summed E-state index contributed by atoms with van der Waals surface area (Å²) in [4.78, 5) is 11.8. The Labute approximate surface area is 152 Å². The van der Waals surface area contributed by atoms with Crippen LogP contribution in [0.25, 0.3) is 0 Å². The number of hydrogen-bond acceptors (Lipinski definition) is 3. The minimum atomic E-state index is -0.294. The summed E-state index contributed by atoms with van der Waals surface area (Å²) in [5.41, 5.74) is 1.43. The van der Waals surface area contributed by atoms with Crippen molar-refractivity contribution in [2.24, 2.45) is 34.0 Å². The molecule has 140 valence electrons. The summed E-state index contributed by atoms with van der Waals surface area (Å²) in [5.74, 6) is 0.963. The summed E-state index contributed by atoms with van der Waals surface area (Å²) in [6.45, 7) is 13.1. The Morgan fingerprint density at radius 3 is 2.64 bits per heavy atom. The van der Waals surface area contributed by atoms with Crippen molar-refractivity contribution in [3.63, 3.8) is 0 Å². The van der Waals surface area contributed by atoms with Gasteiger partial charge in [0.1, 0.15) is 6.10 Å². The van der Waals surface area contributed by atoms with Crippen LogP contribution in [0, 0.1) is 34.0 Å². The van der Waals surface area contributed by atoms with Gasteiger partial charge in [0.2, 0.25) is 0 Å². The molecule has 3 heteroatoms. The zero-order valence-electron chi connectivity index (χ0n) is 16.3. The van der Waals surface area contributed by atoms with Crippen molar-refractivity contribution in [3.8, 4) is 0 Å². The highest BCUT2D eigenvalue weighted by Crippen LogP contribution is 2.72. The minimum absolute atomic E-state index is 0.0935. The van der Waals surface area contributed by atoms with Gasteiger partial charge < -0.3 is 9.84 Å². The smallest absolute Gasteiger partial charge is 0.303 e. The number of aliphatic hydroxyl groups is 1. The molecule has 0 aromatic carbocycles. The average Bonchev–Trinajstić information content (AvgIpc) is 2.67. The van der Waals surface area contributed by atoms with E-state index in [9.17, 15) is 9.90 Å². The first kappa shape index (κ1) is 17.6. The number of rotatable bonds is 1. The van der Waals surface area contributed by atoms with E-state index in [0.717, 1.165) is 24.8 Å². The number of fused-ring (bicyclic) bond motifs is 3. The van der Waals surface area contributed by atoms with Crippen LogP contribution in [0.2, 0.25) is 0 Å². The summed E-state index contributed by atoms with van der Waals surface area (Å²) in [7, 11) is 0. The maximum absolute atomic E-state index is 11.8. The average molecular weight is 347 g/mol. The second-order valence-electron chi connectivity index (χ2n) is 10.4. The standard InChI is InChI=1S/C22H34O3/c1-13-15-11-16(24)18-21(5)9-6-8-20(3,4)17(21)7-10-22(18,12-15)19(13)25-14(2)23/h15-19,24H,1,6-12H2,2-5H3/t15-,16+,17-,18+,19-,21-,22-/m1/s1. The van der Waals surface area contributed by atoms with Crippen LogP contribution in [0.15, 0.2) is 12.2 Å². The molecule has 0 saturated heterocycles. The molecule has 1 N–H and O–H groups in total. The lowest BCUT2D eigenvalue weighted by atomic mass is 9.40. The lowest BCUT2D eigenvalue weighted by Crippen LogP contribution is -2.62. The molecule has 7 atom stereocenters.